The zero-order chi connectivity index (χ0) is 14.0. The molecule has 1 aliphatic rings. The van der Waals surface area contributed by atoms with E-state index in [9.17, 15) is 22.9 Å². The van der Waals surface area contributed by atoms with Gasteiger partial charge in [0.25, 0.3) is 5.69 Å². The molecule has 0 bridgehead atoms. The van der Waals surface area contributed by atoms with Crippen LogP contribution < -0.4 is 10.0 Å². The molecular weight excluding hydrogens is 277 g/mol. The molecule has 0 amide bonds. The molecule has 2 N–H and O–H groups in total. The number of halogens is 1. The van der Waals surface area contributed by atoms with Crippen LogP contribution in [0.15, 0.2) is 23.1 Å². The number of sulfonamides is 1. The third kappa shape index (κ3) is 3.06. The Labute approximate surface area is 109 Å². The normalized spacial score (nSPS) is 19.5. The summed E-state index contributed by atoms with van der Waals surface area (Å²) in [4.78, 5) is 9.13. The summed E-state index contributed by atoms with van der Waals surface area (Å²) in [6, 6.07) is 2.09. The lowest BCUT2D eigenvalue weighted by Gasteiger charge is -2.12. The van der Waals surface area contributed by atoms with Crippen LogP contribution in [-0.4, -0.2) is 32.5 Å². The van der Waals surface area contributed by atoms with E-state index in [1.807, 2.05) is 0 Å². The van der Waals surface area contributed by atoms with Gasteiger partial charge in [-0.15, -0.1) is 0 Å². The number of non-ortho nitro benzene ring substituents is 1. The Morgan fingerprint density at radius 2 is 2.21 bits per heavy atom. The summed E-state index contributed by atoms with van der Waals surface area (Å²) in [7, 11) is -4.10. The number of nitro benzene ring substituents is 1. The predicted octanol–water partition coefficient (Wildman–Crippen LogP) is 0.374. The van der Waals surface area contributed by atoms with E-state index in [1.54, 1.807) is 0 Å². The average molecular weight is 289 g/mol. The van der Waals surface area contributed by atoms with Crippen molar-refractivity contribution in [2.24, 2.45) is 0 Å². The van der Waals surface area contributed by atoms with Crippen molar-refractivity contribution in [1.29, 1.82) is 0 Å². The van der Waals surface area contributed by atoms with E-state index in [0.29, 0.717) is 19.5 Å². The molecule has 1 saturated heterocycles. The van der Waals surface area contributed by atoms with Crippen molar-refractivity contribution >= 4 is 15.7 Å². The van der Waals surface area contributed by atoms with Gasteiger partial charge in [-0.1, -0.05) is 0 Å². The molecule has 2 rings (SSSR count). The highest BCUT2D eigenvalue weighted by atomic mass is 32.2. The molecule has 0 aromatic heterocycles. The molecule has 7 nitrogen and oxygen atoms in total. The second kappa shape index (κ2) is 5.19. The topological polar surface area (TPSA) is 101 Å². The third-order valence-corrected chi connectivity index (χ3v) is 4.33. The van der Waals surface area contributed by atoms with Crippen LogP contribution in [0.2, 0.25) is 0 Å². The molecule has 1 aliphatic heterocycles. The van der Waals surface area contributed by atoms with Gasteiger partial charge in [-0.25, -0.2) is 17.5 Å². The summed E-state index contributed by atoms with van der Waals surface area (Å²) in [6.07, 6.45) is 0.593. The van der Waals surface area contributed by atoms with Crippen molar-refractivity contribution in [2.45, 2.75) is 17.4 Å². The van der Waals surface area contributed by atoms with Crippen LogP contribution in [0.5, 0.6) is 0 Å². The number of rotatable bonds is 4. The maximum atomic E-state index is 13.5. The summed E-state index contributed by atoms with van der Waals surface area (Å²) < 4.78 is 39.8. The molecule has 0 spiro atoms. The summed E-state index contributed by atoms with van der Waals surface area (Å²) in [6.45, 7) is 1.13. The summed E-state index contributed by atoms with van der Waals surface area (Å²) in [5.74, 6) is -1.01. The van der Waals surface area contributed by atoms with Gasteiger partial charge in [0.2, 0.25) is 10.0 Å². The molecular formula is C10H12FN3O4S. The molecule has 1 heterocycles. The number of benzene rings is 1. The second-order valence-electron chi connectivity index (χ2n) is 4.18. The fourth-order valence-corrected chi connectivity index (χ4v) is 3.22. The lowest BCUT2D eigenvalue weighted by molar-refractivity contribution is -0.385. The van der Waals surface area contributed by atoms with E-state index >= 15 is 0 Å². The van der Waals surface area contributed by atoms with Crippen LogP contribution >= 0.6 is 0 Å². The SMILES string of the molecule is O=[N+]([O-])c1ccc(F)c(S(=O)(=O)NC2CCNC2)c1. The number of nitro groups is 1. The van der Waals surface area contributed by atoms with Crippen molar-refractivity contribution < 1.29 is 17.7 Å². The minimum absolute atomic E-state index is 0.330. The van der Waals surface area contributed by atoms with Crippen molar-refractivity contribution in [2.75, 3.05) is 13.1 Å². The summed E-state index contributed by atoms with van der Waals surface area (Å²) in [5, 5.41) is 13.6. The monoisotopic (exact) mass is 289 g/mol. The van der Waals surface area contributed by atoms with Crippen LogP contribution in [-0.2, 0) is 10.0 Å². The molecule has 1 atom stereocenters. The van der Waals surface area contributed by atoms with Gasteiger partial charge in [-0.2, -0.15) is 0 Å². The van der Waals surface area contributed by atoms with E-state index in [2.05, 4.69) is 10.0 Å². The minimum Gasteiger partial charge on any atom is -0.315 e. The second-order valence-corrected chi connectivity index (χ2v) is 5.87. The van der Waals surface area contributed by atoms with Crippen LogP contribution in [0.4, 0.5) is 10.1 Å². The molecule has 19 heavy (non-hydrogen) atoms. The van der Waals surface area contributed by atoms with Gasteiger partial charge < -0.3 is 5.32 Å². The molecule has 1 fully saturated rings. The van der Waals surface area contributed by atoms with Crippen molar-refractivity contribution in [3.63, 3.8) is 0 Å². The number of nitrogens with one attached hydrogen (secondary N) is 2. The molecule has 9 heteroatoms. The Kier molecular flexibility index (Phi) is 3.78. The number of hydrogen-bond donors (Lipinski definition) is 2. The largest absolute Gasteiger partial charge is 0.315 e. The zero-order valence-corrected chi connectivity index (χ0v) is 10.6. The molecule has 0 aliphatic carbocycles. The summed E-state index contributed by atoms with van der Waals surface area (Å²) >= 11 is 0. The van der Waals surface area contributed by atoms with E-state index in [0.717, 1.165) is 18.2 Å². The van der Waals surface area contributed by atoms with Gasteiger partial charge in [-0.3, -0.25) is 10.1 Å². The lowest BCUT2D eigenvalue weighted by Crippen LogP contribution is -2.36. The highest BCUT2D eigenvalue weighted by molar-refractivity contribution is 7.89. The van der Waals surface area contributed by atoms with E-state index < -0.39 is 31.3 Å². The van der Waals surface area contributed by atoms with Crippen LogP contribution in [0, 0.1) is 15.9 Å². The van der Waals surface area contributed by atoms with Crippen LogP contribution in [0.3, 0.4) is 0 Å². The fourth-order valence-electron chi connectivity index (χ4n) is 1.85. The molecule has 104 valence electrons. The Morgan fingerprint density at radius 1 is 1.47 bits per heavy atom. The molecule has 0 saturated carbocycles. The van der Waals surface area contributed by atoms with Crippen molar-refractivity contribution in [3.05, 3.63) is 34.1 Å². The standard InChI is InChI=1S/C10H12FN3O4S/c11-9-2-1-8(14(15)16)5-10(9)19(17,18)13-7-3-4-12-6-7/h1-2,5,7,12-13H,3-4,6H2. The maximum Gasteiger partial charge on any atom is 0.270 e. The van der Waals surface area contributed by atoms with Crippen LogP contribution in [0.25, 0.3) is 0 Å². The predicted molar refractivity (Wildman–Crippen MR) is 64.7 cm³/mol. The first-order chi connectivity index (χ1) is 8.90. The molecule has 1 unspecified atom stereocenters. The van der Waals surface area contributed by atoms with Gasteiger partial charge >= 0.3 is 0 Å². The van der Waals surface area contributed by atoms with E-state index in [-0.39, 0.29) is 6.04 Å². The smallest absolute Gasteiger partial charge is 0.270 e. The Hall–Kier alpha value is -1.58. The summed E-state index contributed by atoms with van der Waals surface area (Å²) in [5.41, 5.74) is -0.466. The zero-order valence-electron chi connectivity index (χ0n) is 9.80. The quantitative estimate of drug-likeness (QED) is 0.616. The number of hydrogen-bond acceptors (Lipinski definition) is 5. The van der Waals surface area contributed by atoms with E-state index in [4.69, 9.17) is 0 Å². The average Bonchev–Trinajstić information content (AvgIpc) is 2.81. The first kappa shape index (κ1) is 13.8. The molecule has 1 aromatic rings. The van der Waals surface area contributed by atoms with Crippen LogP contribution in [0.1, 0.15) is 6.42 Å². The van der Waals surface area contributed by atoms with E-state index in [1.165, 1.54) is 0 Å². The third-order valence-electron chi connectivity index (χ3n) is 2.80. The molecule has 0 radical (unpaired) electrons. The fraction of sp³-hybridized carbons (Fsp3) is 0.400. The van der Waals surface area contributed by atoms with Gasteiger partial charge in [-0.05, 0) is 19.0 Å². The van der Waals surface area contributed by atoms with Gasteiger partial charge in [0.1, 0.15) is 10.7 Å². The first-order valence-corrected chi connectivity index (χ1v) is 7.05. The Morgan fingerprint density at radius 3 is 2.79 bits per heavy atom. The van der Waals surface area contributed by atoms with Crippen molar-refractivity contribution in [3.8, 4) is 0 Å². The minimum atomic E-state index is -4.10. The van der Waals surface area contributed by atoms with Gasteiger partial charge in [0.15, 0.2) is 0 Å². The first-order valence-electron chi connectivity index (χ1n) is 5.57. The number of nitrogens with zero attached hydrogens (tertiary/aromatic N) is 1. The van der Waals surface area contributed by atoms with Gasteiger partial charge in [0, 0.05) is 24.7 Å². The Bertz CT molecular complexity index is 599. The van der Waals surface area contributed by atoms with Gasteiger partial charge in [0.05, 0.1) is 4.92 Å². The Balaban J connectivity index is 2.33. The van der Waals surface area contributed by atoms with Crippen molar-refractivity contribution in [1.82, 2.24) is 10.0 Å². The highest BCUT2D eigenvalue weighted by Gasteiger charge is 2.26. The highest BCUT2D eigenvalue weighted by Crippen LogP contribution is 2.21. The lowest BCUT2D eigenvalue weighted by atomic mass is 10.3. The molecule has 1 aromatic carbocycles. The maximum absolute atomic E-state index is 13.5.